The van der Waals surface area contributed by atoms with Gasteiger partial charge in [0, 0.05) is 6.92 Å². The van der Waals surface area contributed by atoms with Crippen LogP contribution in [-0.2, 0) is 9.47 Å². The predicted octanol–water partition coefficient (Wildman–Crippen LogP) is 2.78. The molecule has 12 heavy (non-hydrogen) atoms. The van der Waals surface area contributed by atoms with Gasteiger partial charge in [-0.05, 0) is 41.5 Å². The SMILES string of the molecule is [CH2]C(OC(C)(C)C)OC(C)(C)C. The molecule has 0 aromatic rings. The van der Waals surface area contributed by atoms with Gasteiger partial charge in [0.2, 0.25) is 0 Å². The molecule has 0 atom stereocenters. The smallest absolute Gasteiger partial charge is 0.159 e. The highest BCUT2D eigenvalue weighted by molar-refractivity contribution is 4.66. The van der Waals surface area contributed by atoms with Gasteiger partial charge in [0.15, 0.2) is 6.29 Å². The molecule has 0 amide bonds. The largest absolute Gasteiger partial charge is 0.347 e. The molecule has 0 aliphatic carbocycles. The molecule has 2 nitrogen and oxygen atoms in total. The average molecular weight is 173 g/mol. The minimum Gasteiger partial charge on any atom is -0.347 e. The standard InChI is InChI=1S/C10H21O2/c1-8(11-9(2,3)4)12-10(5,6)7/h8H,1H2,2-7H3. The van der Waals surface area contributed by atoms with Crippen LogP contribution in [0.15, 0.2) is 0 Å². The minimum atomic E-state index is -0.398. The summed E-state index contributed by atoms with van der Waals surface area (Å²) < 4.78 is 11.0. The highest BCUT2D eigenvalue weighted by Gasteiger charge is 2.20. The van der Waals surface area contributed by atoms with E-state index < -0.39 is 6.29 Å². The lowest BCUT2D eigenvalue weighted by atomic mass is 10.2. The molecule has 2 heteroatoms. The zero-order valence-corrected chi connectivity index (χ0v) is 9.10. The van der Waals surface area contributed by atoms with Crippen molar-refractivity contribution in [3.8, 4) is 0 Å². The monoisotopic (exact) mass is 173 g/mol. The molecule has 0 spiro atoms. The van der Waals surface area contributed by atoms with Crippen molar-refractivity contribution in [2.75, 3.05) is 0 Å². The first kappa shape index (κ1) is 11.9. The number of rotatable bonds is 2. The molecule has 0 N–H and O–H groups in total. The molecular formula is C10H21O2. The van der Waals surface area contributed by atoms with E-state index in [4.69, 9.17) is 9.47 Å². The van der Waals surface area contributed by atoms with Gasteiger partial charge < -0.3 is 9.47 Å². The molecule has 0 aromatic heterocycles. The third kappa shape index (κ3) is 8.02. The van der Waals surface area contributed by atoms with Crippen LogP contribution in [0, 0.1) is 6.92 Å². The van der Waals surface area contributed by atoms with Crippen LogP contribution in [0.25, 0.3) is 0 Å². The van der Waals surface area contributed by atoms with E-state index in [-0.39, 0.29) is 11.2 Å². The average Bonchev–Trinajstić information content (AvgIpc) is 1.49. The van der Waals surface area contributed by atoms with Crippen LogP contribution in [0.5, 0.6) is 0 Å². The van der Waals surface area contributed by atoms with E-state index in [1.165, 1.54) is 0 Å². The van der Waals surface area contributed by atoms with Gasteiger partial charge in [-0.2, -0.15) is 0 Å². The van der Waals surface area contributed by atoms with Gasteiger partial charge in [0.25, 0.3) is 0 Å². The van der Waals surface area contributed by atoms with Crippen molar-refractivity contribution in [3.05, 3.63) is 6.92 Å². The third-order valence-electron chi connectivity index (χ3n) is 0.970. The molecule has 0 saturated carbocycles. The van der Waals surface area contributed by atoms with Crippen molar-refractivity contribution in [1.82, 2.24) is 0 Å². The van der Waals surface area contributed by atoms with Crippen molar-refractivity contribution >= 4 is 0 Å². The second kappa shape index (κ2) is 3.75. The molecule has 0 unspecified atom stereocenters. The van der Waals surface area contributed by atoms with Crippen LogP contribution in [0.2, 0.25) is 0 Å². The maximum atomic E-state index is 5.48. The van der Waals surface area contributed by atoms with Gasteiger partial charge in [-0.1, -0.05) is 0 Å². The topological polar surface area (TPSA) is 18.5 Å². The number of ether oxygens (including phenoxy) is 2. The first-order valence-electron chi connectivity index (χ1n) is 4.29. The highest BCUT2D eigenvalue weighted by Crippen LogP contribution is 2.16. The van der Waals surface area contributed by atoms with E-state index in [0.717, 1.165) is 0 Å². The van der Waals surface area contributed by atoms with E-state index >= 15 is 0 Å². The van der Waals surface area contributed by atoms with E-state index in [9.17, 15) is 0 Å². The van der Waals surface area contributed by atoms with Crippen LogP contribution in [0.3, 0.4) is 0 Å². The Balaban J connectivity index is 3.83. The molecular weight excluding hydrogens is 152 g/mol. The van der Waals surface area contributed by atoms with Crippen LogP contribution >= 0.6 is 0 Å². The summed E-state index contributed by atoms with van der Waals surface area (Å²) in [6.07, 6.45) is -0.398. The van der Waals surface area contributed by atoms with E-state index in [1.807, 2.05) is 41.5 Å². The lowest BCUT2D eigenvalue weighted by Gasteiger charge is -2.30. The van der Waals surface area contributed by atoms with Crippen molar-refractivity contribution in [3.63, 3.8) is 0 Å². The summed E-state index contributed by atoms with van der Waals surface area (Å²) in [5, 5.41) is 0. The number of hydrogen-bond acceptors (Lipinski definition) is 2. The zero-order valence-electron chi connectivity index (χ0n) is 9.10. The van der Waals surface area contributed by atoms with Crippen LogP contribution in [0.4, 0.5) is 0 Å². The summed E-state index contributed by atoms with van der Waals surface area (Å²) in [5.74, 6) is 0. The van der Waals surface area contributed by atoms with Gasteiger partial charge in [-0.25, -0.2) is 0 Å². The summed E-state index contributed by atoms with van der Waals surface area (Å²) in [6.45, 7) is 15.7. The van der Waals surface area contributed by atoms with Gasteiger partial charge >= 0.3 is 0 Å². The molecule has 1 radical (unpaired) electrons. The molecule has 0 aliphatic heterocycles. The molecule has 0 aromatic carbocycles. The summed E-state index contributed by atoms with van der Waals surface area (Å²) in [5.41, 5.74) is -0.394. The quantitative estimate of drug-likeness (QED) is 0.598. The fourth-order valence-corrected chi connectivity index (χ4v) is 0.813. The maximum Gasteiger partial charge on any atom is 0.159 e. The lowest BCUT2D eigenvalue weighted by Crippen LogP contribution is -2.33. The Morgan fingerprint density at radius 3 is 1.25 bits per heavy atom. The van der Waals surface area contributed by atoms with Crippen molar-refractivity contribution < 1.29 is 9.47 Å². The number of hydrogen-bond donors (Lipinski definition) is 0. The maximum absolute atomic E-state index is 5.48. The normalized spacial score (nSPS) is 14.0. The Labute approximate surface area is 76.3 Å². The first-order valence-corrected chi connectivity index (χ1v) is 4.29. The Bertz CT molecular complexity index is 112. The second-order valence-corrected chi connectivity index (χ2v) is 4.89. The summed E-state index contributed by atoms with van der Waals surface area (Å²) in [7, 11) is 0. The Hall–Kier alpha value is -0.0800. The third-order valence-corrected chi connectivity index (χ3v) is 0.970. The zero-order chi connectivity index (χ0) is 9.99. The first-order chi connectivity index (χ1) is 5.10. The lowest BCUT2D eigenvalue weighted by molar-refractivity contribution is -0.211. The second-order valence-electron chi connectivity index (χ2n) is 4.89. The van der Waals surface area contributed by atoms with Crippen LogP contribution in [-0.4, -0.2) is 17.5 Å². The molecule has 0 rings (SSSR count). The predicted molar refractivity (Wildman–Crippen MR) is 50.8 cm³/mol. The van der Waals surface area contributed by atoms with Crippen molar-refractivity contribution in [2.24, 2.45) is 0 Å². The molecule has 0 aliphatic rings. The molecule has 0 saturated heterocycles. The molecule has 0 heterocycles. The van der Waals surface area contributed by atoms with Crippen molar-refractivity contribution in [1.29, 1.82) is 0 Å². The fraction of sp³-hybridized carbons (Fsp3) is 0.900. The van der Waals surface area contributed by atoms with Gasteiger partial charge in [0.1, 0.15) is 0 Å². The van der Waals surface area contributed by atoms with Crippen LogP contribution < -0.4 is 0 Å². The van der Waals surface area contributed by atoms with E-state index in [2.05, 4.69) is 6.92 Å². The molecule has 0 fully saturated rings. The molecule has 73 valence electrons. The Morgan fingerprint density at radius 2 is 1.08 bits per heavy atom. The van der Waals surface area contributed by atoms with E-state index in [0.29, 0.717) is 0 Å². The fourth-order valence-electron chi connectivity index (χ4n) is 0.813. The summed E-state index contributed by atoms with van der Waals surface area (Å²) >= 11 is 0. The molecule has 0 bridgehead atoms. The van der Waals surface area contributed by atoms with Gasteiger partial charge in [-0.15, -0.1) is 0 Å². The van der Waals surface area contributed by atoms with Crippen LogP contribution in [0.1, 0.15) is 41.5 Å². The highest BCUT2D eigenvalue weighted by atomic mass is 16.7. The van der Waals surface area contributed by atoms with E-state index in [1.54, 1.807) is 0 Å². The van der Waals surface area contributed by atoms with Gasteiger partial charge in [0.05, 0.1) is 11.2 Å². The summed E-state index contributed by atoms with van der Waals surface area (Å²) in [4.78, 5) is 0. The Kier molecular flexibility index (Phi) is 3.73. The van der Waals surface area contributed by atoms with Crippen molar-refractivity contribution in [2.45, 2.75) is 59.0 Å². The summed E-state index contributed by atoms with van der Waals surface area (Å²) in [6, 6.07) is 0. The van der Waals surface area contributed by atoms with Gasteiger partial charge in [-0.3, -0.25) is 0 Å². The Morgan fingerprint density at radius 1 is 0.833 bits per heavy atom. The minimum absolute atomic E-state index is 0.197.